The van der Waals surface area contributed by atoms with E-state index in [1.165, 1.54) is 5.57 Å². The van der Waals surface area contributed by atoms with E-state index in [1.54, 1.807) is 6.20 Å². The van der Waals surface area contributed by atoms with E-state index in [-0.39, 0.29) is 0 Å². The first kappa shape index (κ1) is 14.4. The van der Waals surface area contributed by atoms with Crippen LogP contribution in [-0.2, 0) is 0 Å². The van der Waals surface area contributed by atoms with Crippen molar-refractivity contribution in [2.45, 2.75) is 34.1 Å². The number of halogens is 1. The van der Waals surface area contributed by atoms with Crippen LogP contribution in [0.1, 0.15) is 34.1 Å². The lowest BCUT2D eigenvalue weighted by Gasteiger charge is -2.08. The predicted molar refractivity (Wildman–Crippen MR) is 77.2 cm³/mol. The van der Waals surface area contributed by atoms with E-state index >= 15 is 0 Å². The molecule has 0 rings (SSSR count). The Morgan fingerprint density at radius 1 is 1.40 bits per heavy atom. The molecule has 84 valence electrons. The minimum atomic E-state index is 0.903. The molecule has 0 bridgehead atoms. The topological polar surface area (TPSA) is 24.4 Å². The van der Waals surface area contributed by atoms with Crippen LogP contribution in [0.2, 0.25) is 0 Å². The molecular weight excluding hydrogens is 299 g/mol. The van der Waals surface area contributed by atoms with E-state index in [1.807, 2.05) is 6.92 Å². The summed E-state index contributed by atoms with van der Waals surface area (Å²) in [5, 5.41) is 3.13. The van der Waals surface area contributed by atoms with Gasteiger partial charge in [-0.3, -0.25) is 0 Å². The van der Waals surface area contributed by atoms with Crippen LogP contribution >= 0.6 is 22.6 Å². The highest BCUT2D eigenvalue weighted by Crippen LogP contribution is 2.13. The van der Waals surface area contributed by atoms with Crippen molar-refractivity contribution in [1.29, 1.82) is 0 Å². The molecule has 0 aliphatic heterocycles. The number of allylic oxidation sites excluding steroid dienone is 3. The van der Waals surface area contributed by atoms with Crippen LogP contribution in [0, 0.1) is 0 Å². The zero-order valence-electron chi connectivity index (χ0n) is 9.89. The molecule has 0 amide bonds. The molecule has 0 aromatic heterocycles. The fourth-order valence-corrected chi connectivity index (χ4v) is 1.41. The number of rotatable bonds is 5. The van der Waals surface area contributed by atoms with Gasteiger partial charge < -0.3 is 5.32 Å². The lowest BCUT2D eigenvalue weighted by Crippen LogP contribution is -2.05. The Balaban J connectivity index is 5.26. The Bertz CT molecular complexity index is 304. The molecule has 3 heteroatoms. The first-order chi connectivity index (χ1) is 7.01. The number of hydrogen-bond donors (Lipinski definition) is 1. The molecule has 0 saturated carbocycles. The van der Waals surface area contributed by atoms with Crippen LogP contribution in [0.4, 0.5) is 0 Å². The molecule has 2 nitrogen and oxygen atoms in total. The van der Waals surface area contributed by atoms with Gasteiger partial charge in [-0.05, 0) is 62.1 Å². The highest BCUT2D eigenvalue weighted by molar-refractivity contribution is 14.1. The monoisotopic (exact) mass is 318 g/mol. The quantitative estimate of drug-likeness (QED) is 0.459. The maximum atomic E-state index is 4.50. The Morgan fingerprint density at radius 3 is 2.33 bits per heavy atom. The SMILES string of the molecule is C=CN/C(C=C(C)C)=C(CC)/N=C(\C)I. The zero-order valence-corrected chi connectivity index (χ0v) is 12.1. The first-order valence-corrected chi connectivity index (χ1v) is 6.05. The third kappa shape index (κ3) is 6.49. The van der Waals surface area contributed by atoms with E-state index in [9.17, 15) is 0 Å². The van der Waals surface area contributed by atoms with E-state index in [4.69, 9.17) is 0 Å². The largest absolute Gasteiger partial charge is 0.361 e. The van der Waals surface area contributed by atoms with Gasteiger partial charge >= 0.3 is 0 Å². The van der Waals surface area contributed by atoms with Crippen LogP contribution in [0.3, 0.4) is 0 Å². The smallest absolute Gasteiger partial charge is 0.0757 e. The summed E-state index contributed by atoms with van der Waals surface area (Å²) in [4.78, 5) is 4.50. The number of aliphatic imine (C=N–C) groups is 1. The van der Waals surface area contributed by atoms with Crippen molar-refractivity contribution >= 4 is 26.3 Å². The number of nitrogens with one attached hydrogen (secondary N) is 1. The highest BCUT2D eigenvalue weighted by atomic mass is 127. The lowest BCUT2D eigenvalue weighted by molar-refractivity contribution is 0.972. The van der Waals surface area contributed by atoms with Gasteiger partial charge in [0.05, 0.1) is 15.1 Å². The third-order valence-corrected chi connectivity index (χ3v) is 1.87. The molecule has 1 N–H and O–H groups in total. The van der Waals surface area contributed by atoms with Crippen molar-refractivity contribution in [2.24, 2.45) is 4.99 Å². The predicted octanol–water partition coefficient (Wildman–Crippen LogP) is 4.16. The summed E-state index contributed by atoms with van der Waals surface area (Å²) in [6.45, 7) is 11.9. The minimum absolute atomic E-state index is 0.903. The molecule has 0 heterocycles. The van der Waals surface area contributed by atoms with Crippen molar-refractivity contribution in [3.8, 4) is 0 Å². The van der Waals surface area contributed by atoms with Crippen molar-refractivity contribution in [3.05, 3.63) is 35.8 Å². The molecular formula is C12H19IN2. The Labute approximate surface area is 106 Å². The molecule has 0 atom stereocenters. The molecule has 0 aromatic rings. The molecule has 0 unspecified atom stereocenters. The van der Waals surface area contributed by atoms with Gasteiger partial charge in [0.2, 0.25) is 0 Å². The molecule has 0 aliphatic rings. The fourth-order valence-electron chi connectivity index (χ4n) is 1.12. The van der Waals surface area contributed by atoms with Crippen LogP contribution in [-0.4, -0.2) is 3.72 Å². The van der Waals surface area contributed by atoms with Crippen molar-refractivity contribution in [2.75, 3.05) is 0 Å². The van der Waals surface area contributed by atoms with Gasteiger partial charge in [0.1, 0.15) is 0 Å². The summed E-state index contributed by atoms with van der Waals surface area (Å²) < 4.78 is 1.04. The van der Waals surface area contributed by atoms with E-state index in [0.29, 0.717) is 0 Å². The van der Waals surface area contributed by atoms with Crippen LogP contribution in [0.25, 0.3) is 0 Å². The molecule has 15 heavy (non-hydrogen) atoms. The molecule has 0 fully saturated rings. The lowest BCUT2D eigenvalue weighted by atomic mass is 10.2. The van der Waals surface area contributed by atoms with Crippen molar-refractivity contribution in [1.82, 2.24) is 5.32 Å². The van der Waals surface area contributed by atoms with Gasteiger partial charge in [0, 0.05) is 0 Å². The van der Waals surface area contributed by atoms with Gasteiger partial charge in [-0.25, -0.2) is 4.99 Å². The van der Waals surface area contributed by atoms with Crippen molar-refractivity contribution < 1.29 is 0 Å². The van der Waals surface area contributed by atoms with Crippen LogP contribution < -0.4 is 5.32 Å². The Morgan fingerprint density at radius 2 is 2.00 bits per heavy atom. The Kier molecular flexibility index (Phi) is 7.38. The summed E-state index contributed by atoms with van der Waals surface area (Å²) in [5.74, 6) is 0. The summed E-state index contributed by atoms with van der Waals surface area (Å²) in [5.41, 5.74) is 3.33. The molecule has 0 spiro atoms. The third-order valence-electron chi connectivity index (χ3n) is 1.63. The summed E-state index contributed by atoms with van der Waals surface area (Å²) in [6.07, 6.45) is 4.67. The average Bonchev–Trinajstić information content (AvgIpc) is 2.12. The van der Waals surface area contributed by atoms with E-state index in [2.05, 4.69) is 66.3 Å². The van der Waals surface area contributed by atoms with E-state index < -0.39 is 0 Å². The maximum absolute atomic E-state index is 4.50. The standard InChI is InChI=1S/C12H19IN2/c1-6-11(15-10(5)13)12(14-7-2)8-9(3)4/h7-8,14H,2,6H2,1,3-5H3/b12-11+,15-10+. The fraction of sp³-hybridized carbons (Fsp3) is 0.417. The second-order valence-corrected chi connectivity index (χ2v) is 4.95. The maximum Gasteiger partial charge on any atom is 0.0757 e. The minimum Gasteiger partial charge on any atom is -0.361 e. The van der Waals surface area contributed by atoms with Gasteiger partial charge in [0.25, 0.3) is 0 Å². The molecule has 0 radical (unpaired) electrons. The highest BCUT2D eigenvalue weighted by Gasteiger charge is 2.00. The Hall–Kier alpha value is -0.580. The average molecular weight is 318 g/mol. The molecule has 0 aromatic carbocycles. The molecule has 0 saturated heterocycles. The van der Waals surface area contributed by atoms with Crippen LogP contribution in [0.15, 0.2) is 40.8 Å². The second kappa shape index (κ2) is 7.68. The zero-order chi connectivity index (χ0) is 11.8. The van der Waals surface area contributed by atoms with Gasteiger partial charge in [-0.2, -0.15) is 0 Å². The summed E-state index contributed by atoms with van der Waals surface area (Å²) in [7, 11) is 0. The van der Waals surface area contributed by atoms with Gasteiger partial charge in [0.15, 0.2) is 0 Å². The van der Waals surface area contributed by atoms with Gasteiger partial charge in [-0.15, -0.1) is 0 Å². The molecule has 0 aliphatic carbocycles. The first-order valence-electron chi connectivity index (χ1n) is 4.97. The normalized spacial score (nSPS) is 13.0. The second-order valence-electron chi connectivity index (χ2n) is 3.39. The van der Waals surface area contributed by atoms with Crippen LogP contribution in [0.5, 0.6) is 0 Å². The van der Waals surface area contributed by atoms with Gasteiger partial charge in [-0.1, -0.05) is 19.1 Å². The van der Waals surface area contributed by atoms with E-state index in [0.717, 1.165) is 21.5 Å². The van der Waals surface area contributed by atoms with Crippen molar-refractivity contribution in [3.63, 3.8) is 0 Å². The summed E-state index contributed by atoms with van der Waals surface area (Å²) >= 11 is 2.22. The number of nitrogens with zero attached hydrogens (tertiary/aromatic N) is 1. The number of hydrogen-bond acceptors (Lipinski definition) is 2. The summed E-state index contributed by atoms with van der Waals surface area (Å²) in [6, 6.07) is 0.